The Morgan fingerprint density at radius 3 is 1.90 bits per heavy atom. The fourth-order valence-corrected chi connectivity index (χ4v) is 3.06. The molecule has 2 aromatic carbocycles. The number of rotatable bonds is 2. The molecule has 0 atom stereocenters. The van der Waals surface area contributed by atoms with Gasteiger partial charge in [0.15, 0.2) is 0 Å². The van der Waals surface area contributed by atoms with Gasteiger partial charge in [-0.1, -0.05) is 50.2 Å². The van der Waals surface area contributed by atoms with Crippen molar-refractivity contribution in [1.82, 2.24) is 0 Å². The summed E-state index contributed by atoms with van der Waals surface area (Å²) in [5.74, 6) is -0.825. The molecule has 2 aromatic rings. The first-order chi connectivity index (χ1) is 9.51. The summed E-state index contributed by atoms with van der Waals surface area (Å²) in [7, 11) is 0. The Morgan fingerprint density at radius 2 is 1.45 bits per heavy atom. The molecular formula is C17H17NO2. The van der Waals surface area contributed by atoms with Gasteiger partial charge in [0.05, 0.1) is 0 Å². The summed E-state index contributed by atoms with van der Waals surface area (Å²) in [5.41, 5.74) is 4.18. The largest absolute Gasteiger partial charge is 0.480 e. The van der Waals surface area contributed by atoms with Crippen LogP contribution >= 0.6 is 0 Å². The van der Waals surface area contributed by atoms with Crippen LogP contribution < -0.4 is 4.90 Å². The van der Waals surface area contributed by atoms with Crippen molar-refractivity contribution < 1.29 is 9.90 Å². The third kappa shape index (κ3) is 1.78. The van der Waals surface area contributed by atoms with E-state index in [2.05, 4.69) is 26.0 Å². The number of carboxylic acid groups (broad SMARTS) is 1. The topological polar surface area (TPSA) is 40.5 Å². The quantitative estimate of drug-likeness (QED) is 0.904. The molecule has 0 fully saturated rings. The van der Waals surface area contributed by atoms with Crippen LogP contribution in [0.1, 0.15) is 25.0 Å². The molecule has 0 aliphatic carbocycles. The van der Waals surface area contributed by atoms with Crippen LogP contribution in [0.4, 0.5) is 11.4 Å². The molecule has 0 radical (unpaired) electrons. The lowest BCUT2D eigenvalue weighted by Gasteiger charge is -2.41. The van der Waals surface area contributed by atoms with Gasteiger partial charge >= 0.3 is 5.97 Å². The number of carbonyl (C=O) groups is 1. The Hall–Kier alpha value is -2.29. The number of para-hydroxylation sites is 2. The van der Waals surface area contributed by atoms with Gasteiger partial charge < -0.3 is 10.0 Å². The Bertz CT molecular complexity index is 627. The maximum Gasteiger partial charge on any atom is 0.323 e. The normalized spacial score (nSPS) is 15.4. The average Bonchev–Trinajstić information content (AvgIpc) is 2.44. The van der Waals surface area contributed by atoms with E-state index in [1.54, 1.807) is 0 Å². The van der Waals surface area contributed by atoms with Crippen LogP contribution in [0.2, 0.25) is 0 Å². The zero-order chi connectivity index (χ0) is 14.3. The maximum atomic E-state index is 11.2. The highest BCUT2D eigenvalue weighted by atomic mass is 16.4. The molecule has 20 heavy (non-hydrogen) atoms. The SMILES string of the molecule is CC1(C)c2ccccc2N(CC(=O)O)c2ccccc21. The van der Waals surface area contributed by atoms with Crippen molar-refractivity contribution in [1.29, 1.82) is 0 Å². The molecule has 3 rings (SSSR count). The molecule has 0 saturated carbocycles. The summed E-state index contributed by atoms with van der Waals surface area (Å²) in [4.78, 5) is 13.1. The number of hydrogen-bond donors (Lipinski definition) is 1. The third-order valence-corrected chi connectivity index (χ3v) is 4.03. The lowest BCUT2D eigenvalue weighted by molar-refractivity contribution is -0.135. The fourth-order valence-electron chi connectivity index (χ4n) is 3.06. The van der Waals surface area contributed by atoms with Crippen LogP contribution in [-0.4, -0.2) is 17.6 Å². The van der Waals surface area contributed by atoms with E-state index >= 15 is 0 Å². The van der Waals surface area contributed by atoms with Crippen molar-refractivity contribution in [2.24, 2.45) is 0 Å². The summed E-state index contributed by atoms with van der Waals surface area (Å²) >= 11 is 0. The highest BCUT2D eigenvalue weighted by Crippen LogP contribution is 2.48. The van der Waals surface area contributed by atoms with Crippen LogP contribution in [0.25, 0.3) is 0 Å². The molecule has 0 aromatic heterocycles. The van der Waals surface area contributed by atoms with Crippen molar-refractivity contribution in [3.63, 3.8) is 0 Å². The molecule has 102 valence electrons. The summed E-state index contributed by atoms with van der Waals surface area (Å²) < 4.78 is 0. The molecule has 1 aliphatic heterocycles. The molecule has 0 saturated heterocycles. The van der Waals surface area contributed by atoms with E-state index in [1.165, 1.54) is 11.1 Å². The molecule has 1 N–H and O–H groups in total. The standard InChI is InChI=1S/C17H17NO2/c1-17(2)12-7-3-5-9-14(12)18(11-16(19)20)15-10-6-4-8-13(15)17/h3-10H,11H2,1-2H3,(H,19,20). The second-order valence-corrected chi connectivity index (χ2v) is 5.64. The van der Waals surface area contributed by atoms with E-state index in [-0.39, 0.29) is 12.0 Å². The van der Waals surface area contributed by atoms with E-state index in [1.807, 2.05) is 41.3 Å². The number of fused-ring (bicyclic) bond motifs is 2. The van der Waals surface area contributed by atoms with Gasteiger partial charge in [0.25, 0.3) is 0 Å². The van der Waals surface area contributed by atoms with Crippen molar-refractivity contribution in [2.75, 3.05) is 11.4 Å². The van der Waals surface area contributed by atoms with Crippen LogP contribution in [0.3, 0.4) is 0 Å². The number of carboxylic acids is 1. The Balaban J connectivity index is 2.27. The lowest BCUT2D eigenvalue weighted by atomic mass is 9.74. The first-order valence-electron chi connectivity index (χ1n) is 6.70. The minimum atomic E-state index is -0.825. The lowest BCUT2D eigenvalue weighted by Crippen LogP contribution is -2.35. The molecule has 0 bridgehead atoms. The number of benzene rings is 2. The van der Waals surface area contributed by atoms with Crippen LogP contribution in [0.5, 0.6) is 0 Å². The van der Waals surface area contributed by atoms with Gasteiger partial charge in [0, 0.05) is 16.8 Å². The van der Waals surface area contributed by atoms with Crippen molar-refractivity contribution in [3.8, 4) is 0 Å². The van der Waals surface area contributed by atoms with Crippen LogP contribution in [-0.2, 0) is 10.2 Å². The predicted octanol–water partition coefficient (Wildman–Crippen LogP) is 3.55. The smallest absolute Gasteiger partial charge is 0.323 e. The van der Waals surface area contributed by atoms with Gasteiger partial charge in [-0.3, -0.25) is 4.79 Å². The molecule has 0 unspecified atom stereocenters. The number of hydrogen-bond acceptors (Lipinski definition) is 2. The highest BCUT2D eigenvalue weighted by Gasteiger charge is 2.36. The van der Waals surface area contributed by atoms with Crippen LogP contribution in [0.15, 0.2) is 48.5 Å². The average molecular weight is 267 g/mol. The highest BCUT2D eigenvalue weighted by molar-refractivity contribution is 5.84. The second-order valence-electron chi connectivity index (χ2n) is 5.64. The molecule has 1 heterocycles. The van der Waals surface area contributed by atoms with Crippen LogP contribution in [0, 0.1) is 0 Å². The summed E-state index contributed by atoms with van der Waals surface area (Å²) in [5, 5.41) is 9.21. The molecular weight excluding hydrogens is 250 g/mol. The van der Waals surface area contributed by atoms with Crippen molar-refractivity contribution >= 4 is 17.3 Å². The molecule has 3 nitrogen and oxygen atoms in total. The van der Waals surface area contributed by atoms with Gasteiger partial charge in [-0.05, 0) is 23.3 Å². The van der Waals surface area contributed by atoms with Gasteiger partial charge in [0.2, 0.25) is 0 Å². The summed E-state index contributed by atoms with van der Waals surface area (Å²) in [6.07, 6.45) is 0. The minimum Gasteiger partial charge on any atom is -0.480 e. The monoisotopic (exact) mass is 267 g/mol. The van der Waals surface area contributed by atoms with E-state index in [0.29, 0.717) is 0 Å². The summed E-state index contributed by atoms with van der Waals surface area (Å²) in [6, 6.07) is 16.1. The van der Waals surface area contributed by atoms with Gasteiger partial charge in [-0.15, -0.1) is 0 Å². The zero-order valence-corrected chi connectivity index (χ0v) is 11.6. The number of nitrogens with zero attached hydrogens (tertiary/aromatic N) is 1. The van der Waals surface area contributed by atoms with E-state index in [0.717, 1.165) is 11.4 Å². The zero-order valence-electron chi connectivity index (χ0n) is 11.6. The van der Waals surface area contributed by atoms with Gasteiger partial charge in [-0.25, -0.2) is 0 Å². The number of anilines is 2. The van der Waals surface area contributed by atoms with E-state index < -0.39 is 5.97 Å². The summed E-state index contributed by atoms with van der Waals surface area (Å²) in [6.45, 7) is 4.34. The Labute approximate surface area is 118 Å². The predicted molar refractivity (Wildman–Crippen MR) is 79.7 cm³/mol. The minimum absolute atomic E-state index is 0.0237. The molecule has 1 aliphatic rings. The maximum absolute atomic E-state index is 11.2. The molecule has 3 heteroatoms. The third-order valence-electron chi connectivity index (χ3n) is 4.03. The van der Waals surface area contributed by atoms with Gasteiger partial charge in [0.1, 0.15) is 6.54 Å². The van der Waals surface area contributed by atoms with Crippen molar-refractivity contribution in [2.45, 2.75) is 19.3 Å². The molecule has 0 spiro atoms. The first-order valence-corrected chi connectivity index (χ1v) is 6.70. The first kappa shape index (κ1) is 12.7. The van der Waals surface area contributed by atoms with Gasteiger partial charge in [-0.2, -0.15) is 0 Å². The Kier molecular flexibility index (Phi) is 2.78. The number of aliphatic carboxylic acids is 1. The van der Waals surface area contributed by atoms with E-state index in [4.69, 9.17) is 0 Å². The second kappa shape index (κ2) is 4.37. The fraction of sp³-hybridized carbons (Fsp3) is 0.235. The van der Waals surface area contributed by atoms with E-state index in [9.17, 15) is 9.90 Å². The Morgan fingerprint density at radius 1 is 1.00 bits per heavy atom. The van der Waals surface area contributed by atoms with Crippen molar-refractivity contribution in [3.05, 3.63) is 59.7 Å². The molecule has 0 amide bonds.